The Morgan fingerprint density at radius 3 is 2.35 bits per heavy atom. The molecule has 0 bridgehead atoms. The van der Waals surface area contributed by atoms with Crippen molar-refractivity contribution in [2.45, 2.75) is 50.6 Å². The monoisotopic (exact) mass is 547 g/mol. The molecule has 37 heavy (non-hydrogen) atoms. The molecule has 1 aliphatic carbocycles. The minimum atomic E-state index is -4.78. The van der Waals surface area contributed by atoms with Crippen LogP contribution in [0.2, 0.25) is 10.0 Å². The number of halogens is 5. The van der Waals surface area contributed by atoms with Gasteiger partial charge in [-0.15, -0.1) is 0 Å². The predicted molar refractivity (Wildman–Crippen MR) is 135 cm³/mol. The van der Waals surface area contributed by atoms with Crippen molar-refractivity contribution >= 4 is 34.8 Å². The van der Waals surface area contributed by atoms with Gasteiger partial charge in [0.1, 0.15) is 0 Å². The lowest BCUT2D eigenvalue weighted by Gasteiger charge is -2.29. The average Bonchev–Trinajstić information content (AvgIpc) is 3.57. The number of nitrogens with zero attached hydrogens (tertiary/aromatic N) is 3. The molecule has 2 aromatic carbocycles. The molecule has 1 aromatic heterocycles. The summed E-state index contributed by atoms with van der Waals surface area (Å²) >= 11 is 12.0. The molecule has 0 spiro atoms. The van der Waals surface area contributed by atoms with E-state index >= 15 is 0 Å². The highest BCUT2D eigenvalue weighted by atomic mass is 35.5. The molecule has 2 heterocycles. The summed E-state index contributed by atoms with van der Waals surface area (Å²) in [5.74, 6) is -0.119. The second kappa shape index (κ2) is 9.65. The number of rotatable bonds is 6. The maximum absolute atomic E-state index is 14.3. The number of aromatic nitrogens is 1. The van der Waals surface area contributed by atoms with E-state index in [0.717, 1.165) is 18.4 Å². The van der Waals surface area contributed by atoms with Crippen LogP contribution in [0.4, 0.5) is 13.2 Å². The van der Waals surface area contributed by atoms with Gasteiger partial charge >= 0.3 is 6.18 Å². The van der Waals surface area contributed by atoms with Crippen LogP contribution in [0.3, 0.4) is 0 Å². The summed E-state index contributed by atoms with van der Waals surface area (Å²) in [7, 11) is 0. The highest BCUT2D eigenvalue weighted by Gasteiger charge is 2.62. The number of carbonyl (C=O) groups is 1. The van der Waals surface area contributed by atoms with E-state index in [2.05, 4.69) is 10.1 Å². The number of oxime groups is 1. The van der Waals surface area contributed by atoms with Crippen molar-refractivity contribution in [1.29, 1.82) is 0 Å². The van der Waals surface area contributed by atoms with Gasteiger partial charge in [-0.1, -0.05) is 34.4 Å². The molecule has 2 aliphatic rings. The van der Waals surface area contributed by atoms with Gasteiger partial charge in [-0.2, -0.15) is 13.2 Å². The molecule has 192 valence electrons. The highest BCUT2D eigenvalue weighted by molar-refractivity contribution is 6.34. The van der Waals surface area contributed by atoms with E-state index in [1.54, 1.807) is 37.5 Å². The van der Waals surface area contributed by atoms with E-state index in [1.165, 1.54) is 18.2 Å². The van der Waals surface area contributed by atoms with E-state index < -0.39 is 18.2 Å². The molecule has 5 rings (SSSR count). The Morgan fingerprint density at radius 1 is 1.08 bits per heavy atom. The number of aryl methyl sites for hydroxylation is 1. The molecule has 1 saturated carbocycles. The largest absolute Gasteiger partial charge is 0.435 e. The Labute approximate surface area is 221 Å². The Bertz CT molecular complexity index is 1360. The van der Waals surface area contributed by atoms with Crippen LogP contribution >= 0.6 is 23.2 Å². The highest BCUT2D eigenvalue weighted by Crippen LogP contribution is 2.49. The van der Waals surface area contributed by atoms with Crippen LogP contribution in [0.15, 0.2) is 66.1 Å². The zero-order valence-corrected chi connectivity index (χ0v) is 21.2. The van der Waals surface area contributed by atoms with Crippen molar-refractivity contribution in [3.63, 3.8) is 0 Å². The molecular weight excluding hydrogens is 526 g/mol. The van der Waals surface area contributed by atoms with Crippen molar-refractivity contribution in [1.82, 2.24) is 9.88 Å². The van der Waals surface area contributed by atoms with Crippen LogP contribution in [0, 0.1) is 6.92 Å². The fraction of sp³-hybridized carbons (Fsp3) is 0.296. The van der Waals surface area contributed by atoms with Crippen molar-refractivity contribution in [3.05, 3.63) is 98.8 Å². The summed E-state index contributed by atoms with van der Waals surface area (Å²) in [5, 5.41) is 3.94. The summed E-state index contributed by atoms with van der Waals surface area (Å²) < 4.78 is 42.9. The van der Waals surface area contributed by atoms with Crippen molar-refractivity contribution in [2.24, 2.45) is 5.16 Å². The molecule has 1 amide bonds. The molecule has 1 unspecified atom stereocenters. The molecule has 0 N–H and O–H groups in total. The molecule has 10 heteroatoms. The summed E-state index contributed by atoms with van der Waals surface area (Å²) in [6.07, 6.45) is -0.0866. The first-order valence-corrected chi connectivity index (χ1v) is 12.4. The minimum Gasteiger partial charge on any atom is -0.374 e. The maximum Gasteiger partial charge on any atom is 0.435 e. The first-order chi connectivity index (χ1) is 17.6. The number of alkyl halides is 3. The Balaban J connectivity index is 1.41. The first-order valence-electron chi connectivity index (χ1n) is 11.7. The molecule has 0 radical (unpaired) electrons. The Morgan fingerprint density at radius 2 is 1.76 bits per heavy atom. The molecular formula is C27H22Cl2F3N3O2. The topological polar surface area (TPSA) is 54.8 Å². The summed E-state index contributed by atoms with van der Waals surface area (Å²) in [6.45, 7) is 2.22. The van der Waals surface area contributed by atoms with Crippen molar-refractivity contribution in [3.8, 4) is 0 Å². The van der Waals surface area contributed by atoms with E-state index in [9.17, 15) is 18.0 Å². The predicted octanol–water partition coefficient (Wildman–Crippen LogP) is 7.08. The quantitative estimate of drug-likeness (QED) is 0.331. The summed E-state index contributed by atoms with van der Waals surface area (Å²) in [5.41, 5.74) is -0.268. The van der Waals surface area contributed by atoms with Gasteiger partial charge in [0.25, 0.3) is 11.5 Å². The second-order valence-corrected chi connectivity index (χ2v) is 10.2. The van der Waals surface area contributed by atoms with Gasteiger partial charge in [0, 0.05) is 52.6 Å². The number of hydrogen-bond donors (Lipinski definition) is 0. The second-order valence-electron chi connectivity index (χ2n) is 9.34. The third-order valence-corrected chi connectivity index (χ3v) is 7.09. The number of hydrogen-bond acceptors (Lipinski definition) is 4. The SMILES string of the molecule is Cc1cc(C2=NOC(c3cc(Cl)cc(Cl)c3)(C(F)(F)F)C2)ccc1C(=O)N(Cc1ccncc1)C1CC1. The number of pyridine rings is 1. The van der Waals surface area contributed by atoms with Gasteiger partial charge in [-0.25, -0.2) is 0 Å². The number of amides is 1. The molecule has 5 nitrogen and oxygen atoms in total. The molecule has 1 atom stereocenters. The van der Waals surface area contributed by atoms with Crippen LogP contribution in [-0.2, 0) is 17.0 Å². The number of benzene rings is 2. The lowest BCUT2D eigenvalue weighted by atomic mass is 9.86. The first kappa shape index (κ1) is 25.5. The third-order valence-electron chi connectivity index (χ3n) is 6.66. The maximum atomic E-state index is 14.3. The lowest BCUT2D eigenvalue weighted by molar-refractivity contribution is -0.275. The Kier molecular flexibility index (Phi) is 6.66. The minimum absolute atomic E-state index is 0.0638. The smallest absolute Gasteiger partial charge is 0.374 e. The average molecular weight is 548 g/mol. The summed E-state index contributed by atoms with van der Waals surface area (Å²) in [4.78, 5) is 24.4. The molecule has 0 saturated heterocycles. The Hall–Kier alpha value is -3.10. The van der Waals surface area contributed by atoms with E-state index in [-0.39, 0.29) is 33.3 Å². The van der Waals surface area contributed by atoms with Crippen LogP contribution in [0.25, 0.3) is 0 Å². The lowest BCUT2D eigenvalue weighted by Crippen LogP contribution is -2.42. The zero-order chi connectivity index (χ0) is 26.4. The normalized spacial score (nSPS) is 19.4. The van der Waals surface area contributed by atoms with E-state index in [0.29, 0.717) is 23.2 Å². The molecule has 1 fully saturated rings. The fourth-order valence-electron chi connectivity index (χ4n) is 4.52. The molecule has 3 aromatic rings. The van der Waals surface area contributed by atoms with Crippen LogP contribution in [0.1, 0.15) is 51.9 Å². The molecule has 1 aliphatic heterocycles. The van der Waals surface area contributed by atoms with Gasteiger partial charge in [-0.05, 0) is 78.9 Å². The van der Waals surface area contributed by atoms with E-state index in [1.807, 2.05) is 17.0 Å². The van der Waals surface area contributed by atoms with E-state index in [4.69, 9.17) is 28.0 Å². The van der Waals surface area contributed by atoms with Crippen LogP contribution < -0.4 is 0 Å². The number of carbonyl (C=O) groups excluding carboxylic acids is 1. The third kappa shape index (κ3) is 5.05. The van der Waals surface area contributed by atoms with Crippen LogP contribution in [0.5, 0.6) is 0 Å². The van der Waals surface area contributed by atoms with Gasteiger partial charge in [0.05, 0.1) is 5.71 Å². The van der Waals surface area contributed by atoms with Gasteiger partial charge < -0.3 is 9.74 Å². The van der Waals surface area contributed by atoms with Crippen molar-refractivity contribution < 1.29 is 22.8 Å². The van der Waals surface area contributed by atoms with Gasteiger partial charge in [0.2, 0.25) is 0 Å². The van der Waals surface area contributed by atoms with Gasteiger partial charge in [-0.3, -0.25) is 9.78 Å². The zero-order valence-electron chi connectivity index (χ0n) is 19.7. The summed E-state index contributed by atoms with van der Waals surface area (Å²) in [6, 6.07) is 12.6. The van der Waals surface area contributed by atoms with Crippen LogP contribution in [-0.4, -0.2) is 33.7 Å². The fourth-order valence-corrected chi connectivity index (χ4v) is 5.05. The van der Waals surface area contributed by atoms with Gasteiger partial charge in [0.15, 0.2) is 0 Å². The standard InChI is InChI=1S/C27H22Cl2F3N3O2/c1-16-10-18(2-5-23(16)25(36)35(22-3-4-22)15-17-6-8-33-9-7-17)24-14-26(37-34-24,27(30,31)32)19-11-20(28)13-21(29)12-19/h2,5-13,22H,3-4,14-15H2,1H3. The van der Waals surface area contributed by atoms with Crippen molar-refractivity contribution in [2.75, 3.05) is 0 Å².